The molecule has 1 aromatic heterocycles. The number of rotatable bonds is 5. The second-order valence-corrected chi connectivity index (χ2v) is 10.9. The predicted octanol–water partition coefficient (Wildman–Crippen LogP) is 2.77. The van der Waals surface area contributed by atoms with Gasteiger partial charge < -0.3 is 10.1 Å². The molecule has 2 aromatic carbocycles. The van der Waals surface area contributed by atoms with E-state index in [0.29, 0.717) is 32.6 Å². The third-order valence-electron chi connectivity index (χ3n) is 6.75. The Labute approximate surface area is 187 Å². The molecule has 0 radical (unpaired) electrons. The molecule has 32 heavy (non-hydrogen) atoms. The number of aromatic nitrogens is 1. The molecule has 0 spiro atoms. The number of carboxylic acids is 1. The highest BCUT2D eigenvalue weighted by atomic mass is 32.2. The van der Waals surface area contributed by atoms with Crippen LogP contribution >= 0.6 is 0 Å². The predicted molar refractivity (Wildman–Crippen MR) is 124 cm³/mol. The zero-order valence-corrected chi connectivity index (χ0v) is 18.6. The maximum Gasteiger partial charge on any atom is 0.325 e. The van der Waals surface area contributed by atoms with Crippen LogP contribution in [-0.2, 0) is 14.6 Å². The monoisotopic (exact) mass is 453 g/mol. The van der Waals surface area contributed by atoms with Gasteiger partial charge in [-0.3, -0.25) is 14.6 Å². The number of hydrogen-bond acceptors (Lipinski definition) is 5. The molecule has 0 bridgehead atoms. The molecule has 0 aliphatic carbocycles. The van der Waals surface area contributed by atoms with E-state index >= 15 is 0 Å². The molecule has 2 unspecified atom stereocenters. The Morgan fingerprint density at radius 3 is 2.34 bits per heavy atom. The van der Waals surface area contributed by atoms with Crippen LogP contribution < -0.4 is 0 Å². The lowest BCUT2D eigenvalue weighted by atomic mass is 9.97. The molecule has 2 saturated heterocycles. The van der Waals surface area contributed by atoms with Crippen LogP contribution in [0.3, 0.4) is 0 Å². The first-order valence-corrected chi connectivity index (χ1v) is 12.8. The first kappa shape index (κ1) is 21.2. The molecule has 168 valence electrons. The number of carbonyl (C=O) groups is 1. The standard InChI is InChI=1S/C24H27N3O4S/c28-24(29)23(27-13-11-26(12-14-27)18-10-15-32(30,31)16-18)21-19-8-4-5-9-20(19)25-22(21)17-6-2-1-3-7-17/h1-9,18,23,25H,10-16H2,(H,28,29). The minimum Gasteiger partial charge on any atom is -0.480 e. The number of nitrogens with one attached hydrogen (secondary N) is 1. The van der Waals surface area contributed by atoms with Gasteiger partial charge in [0.2, 0.25) is 0 Å². The van der Waals surface area contributed by atoms with Gasteiger partial charge in [0.05, 0.1) is 17.2 Å². The zero-order valence-electron chi connectivity index (χ0n) is 17.8. The number of aromatic amines is 1. The molecule has 2 N–H and O–H groups in total. The molecule has 0 amide bonds. The Kier molecular flexibility index (Phi) is 5.53. The minimum atomic E-state index is -2.94. The number of carboxylic acid groups (broad SMARTS) is 1. The lowest BCUT2D eigenvalue weighted by Crippen LogP contribution is -2.52. The van der Waals surface area contributed by atoms with Gasteiger partial charge in [-0.25, -0.2) is 8.42 Å². The minimum absolute atomic E-state index is 0.0541. The molecule has 7 nitrogen and oxygen atoms in total. The summed E-state index contributed by atoms with van der Waals surface area (Å²) >= 11 is 0. The van der Waals surface area contributed by atoms with E-state index in [-0.39, 0.29) is 17.5 Å². The van der Waals surface area contributed by atoms with Gasteiger partial charge in [0.15, 0.2) is 9.84 Å². The number of sulfone groups is 1. The fourth-order valence-electron chi connectivity index (χ4n) is 5.17. The maximum absolute atomic E-state index is 12.6. The lowest BCUT2D eigenvalue weighted by molar-refractivity contribution is -0.144. The van der Waals surface area contributed by atoms with Crippen molar-refractivity contribution in [2.75, 3.05) is 37.7 Å². The first-order valence-electron chi connectivity index (χ1n) is 11.0. The highest BCUT2D eigenvalue weighted by Crippen LogP contribution is 2.38. The normalized spacial score (nSPS) is 22.8. The second kappa shape index (κ2) is 8.35. The number of benzene rings is 2. The number of para-hydroxylation sites is 1. The highest BCUT2D eigenvalue weighted by Gasteiger charge is 2.38. The molecule has 5 rings (SSSR count). The molecule has 0 saturated carbocycles. The van der Waals surface area contributed by atoms with Crippen LogP contribution in [0.4, 0.5) is 0 Å². The Hall–Kier alpha value is -2.68. The van der Waals surface area contributed by atoms with E-state index in [1.165, 1.54) is 0 Å². The summed E-state index contributed by atoms with van der Waals surface area (Å²) in [6.45, 7) is 2.52. The van der Waals surface area contributed by atoms with Crippen molar-refractivity contribution in [1.82, 2.24) is 14.8 Å². The molecule has 2 aliphatic heterocycles. The Morgan fingerprint density at radius 2 is 1.69 bits per heavy atom. The molecule has 2 aliphatic rings. The molecule has 8 heteroatoms. The van der Waals surface area contributed by atoms with Gasteiger partial charge in [0.1, 0.15) is 6.04 Å². The summed E-state index contributed by atoms with van der Waals surface area (Å²) < 4.78 is 23.8. The molecule has 2 atom stereocenters. The summed E-state index contributed by atoms with van der Waals surface area (Å²) in [7, 11) is -2.94. The van der Waals surface area contributed by atoms with E-state index < -0.39 is 21.8 Å². The van der Waals surface area contributed by atoms with Gasteiger partial charge in [-0.1, -0.05) is 48.5 Å². The van der Waals surface area contributed by atoms with Gasteiger partial charge in [-0.05, 0) is 18.1 Å². The van der Waals surface area contributed by atoms with Crippen molar-refractivity contribution in [3.63, 3.8) is 0 Å². The molecular formula is C24H27N3O4S. The van der Waals surface area contributed by atoms with E-state index in [1.54, 1.807) is 0 Å². The quantitative estimate of drug-likeness (QED) is 0.617. The van der Waals surface area contributed by atoms with Crippen LogP contribution in [0.15, 0.2) is 54.6 Å². The van der Waals surface area contributed by atoms with Crippen LogP contribution in [0.25, 0.3) is 22.2 Å². The van der Waals surface area contributed by atoms with E-state index in [9.17, 15) is 18.3 Å². The average Bonchev–Trinajstić information content (AvgIpc) is 3.35. The van der Waals surface area contributed by atoms with Crippen LogP contribution in [-0.4, -0.2) is 78.0 Å². The van der Waals surface area contributed by atoms with Crippen LogP contribution in [0.5, 0.6) is 0 Å². The lowest BCUT2D eigenvalue weighted by Gasteiger charge is -2.40. The smallest absolute Gasteiger partial charge is 0.325 e. The van der Waals surface area contributed by atoms with E-state index in [1.807, 2.05) is 59.5 Å². The summed E-state index contributed by atoms with van der Waals surface area (Å²) in [4.78, 5) is 20.3. The molecule has 3 heterocycles. The largest absolute Gasteiger partial charge is 0.480 e. The third kappa shape index (κ3) is 3.94. The van der Waals surface area contributed by atoms with Crippen molar-refractivity contribution >= 4 is 26.7 Å². The summed E-state index contributed by atoms with van der Waals surface area (Å²) in [5.41, 5.74) is 3.50. The molecular weight excluding hydrogens is 426 g/mol. The number of fused-ring (bicyclic) bond motifs is 1. The Balaban J connectivity index is 1.47. The average molecular weight is 454 g/mol. The number of nitrogens with zero attached hydrogens (tertiary/aromatic N) is 2. The summed E-state index contributed by atoms with van der Waals surface area (Å²) in [5, 5.41) is 11.2. The van der Waals surface area contributed by atoms with Crippen molar-refractivity contribution in [2.45, 2.75) is 18.5 Å². The summed E-state index contributed by atoms with van der Waals surface area (Å²) in [6, 6.07) is 16.9. The van der Waals surface area contributed by atoms with Gasteiger partial charge in [-0.15, -0.1) is 0 Å². The van der Waals surface area contributed by atoms with Crippen molar-refractivity contribution in [3.05, 3.63) is 60.2 Å². The third-order valence-corrected chi connectivity index (χ3v) is 8.51. The van der Waals surface area contributed by atoms with E-state index in [0.717, 1.165) is 27.7 Å². The fourth-order valence-corrected chi connectivity index (χ4v) is 6.93. The Morgan fingerprint density at radius 1 is 1.00 bits per heavy atom. The van der Waals surface area contributed by atoms with Gasteiger partial charge in [-0.2, -0.15) is 0 Å². The maximum atomic E-state index is 12.6. The van der Waals surface area contributed by atoms with Gasteiger partial charge in [0.25, 0.3) is 0 Å². The zero-order chi connectivity index (χ0) is 22.3. The number of hydrogen-bond donors (Lipinski definition) is 2. The second-order valence-electron chi connectivity index (χ2n) is 8.69. The van der Waals surface area contributed by atoms with Crippen LogP contribution in [0.1, 0.15) is 18.0 Å². The van der Waals surface area contributed by atoms with Crippen LogP contribution in [0.2, 0.25) is 0 Å². The number of aliphatic carboxylic acids is 1. The molecule has 3 aromatic rings. The SMILES string of the molecule is O=C(O)C(c1c(-c2ccccc2)[nH]c2ccccc12)N1CCN(C2CCS(=O)(=O)C2)CC1. The number of H-pyrrole nitrogens is 1. The molecule has 2 fully saturated rings. The summed E-state index contributed by atoms with van der Waals surface area (Å²) in [5.74, 6) is -0.398. The van der Waals surface area contributed by atoms with E-state index in [4.69, 9.17) is 0 Å². The van der Waals surface area contributed by atoms with Crippen molar-refractivity contribution in [1.29, 1.82) is 0 Å². The Bertz CT molecular complexity index is 1230. The highest BCUT2D eigenvalue weighted by molar-refractivity contribution is 7.91. The van der Waals surface area contributed by atoms with Gasteiger partial charge >= 0.3 is 5.97 Å². The van der Waals surface area contributed by atoms with Crippen molar-refractivity contribution < 1.29 is 18.3 Å². The van der Waals surface area contributed by atoms with Gasteiger partial charge in [0, 0.05) is 48.7 Å². The summed E-state index contributed by atoms with van der Waals surface area (Å²) in [6.07, 6.45) is 0.672. The number of piperazine rings is 1. The van der Waals surface area contributed by atoms with Crippen molar-refractivity contribution in [3.8, 4) is 11.3 Å². The van der Waals surface area contributed by atoms with E-state index in [2.05, 4.69) is 9.88 Å². The van der Waals surface area contributed by atoms with Crippen molar-refractivity contribution in [2.24, 2.45) is 0 Å². The van der Waals surface area contributed by atoms with Crippen LogP contribution in [0, 0.1) is 0 Å². The topological polar surface area (TPSA) is 93.7 Å². The first-order chi connectivity index (χ1) is 15.4. The fraction of sp³-hybridized carbons (Fsp3) is 0.375.